The zero-order valence-corrected chi connectivity index (χ0v) is 31.1. The predicted octanol–water partition coefficient (Wildman–Crippen LogP) is 1.96. The zero-order chi connectivity index (χ0) is 40.2. The molecule has 0 bridgehead atoms. The van der Waals surface area contributed by atoms with Gasteiger partial charge in [-0.2, -0.15) is 0 Å². The van der Waals surface area contributed by atoms with Crippen molar-refractivity contribution >= 4 is 69.1 Å². The van der Waals surface area contributed by atoms with E-state index in [0.717, 1.165) is 46.8 Å². The number of nitrogens with two attached hydrogens (primary N) is 1. The van der Waals surface area contributed by atoms with Crippen LogP contribution in [0.1, 0.15) is 64.6 Å². The fraction of sp³-hybridized carbons (Fsp3) is 0.469. The molecule has 3 N–H and O–H groups in total. The molecule has 2 aromatic rings. The summed E-state index contributed by atoms with van der Waals surface area (Å²) in [6.45, 7) is 8.45. The fourth-order valence-electron chi connectivity index (χ4n) is 3.80. The summed E-state index contributed by atoms with van der Waals surface area (Å²) in [4.78, 5) is 86.4. The Morgan fingerprint density at radius 3 is 1.51 bits per heavy atom. The maximum absolute atomic E-state index is 13.1. The Morgan fingerprint density at radius 1 is 0.717 bits per heavy atom. The van der Waals surface area contributed by atoms with Crippen LogP contribution in [0.25, 0.3) is 0 Å². The van der Waals surface area contributed by atoms with Crippen molar-refractivity contribution in [2.45, 2.75) is 96.5 Å². The SMILES string of the molecule is CCOC(=O)C(C)OC(=O)C(C)OC(=O)C(C)OC(=O)C(C)OC(=O)C(C)OC(=O)C(C)OC(=O)c1cc(S(N)(=O)=O)c(Cl)cc1NCc1ccco1. The molecule has 6 atom stereocenters. The summed E-state index contributed by atoms with van der Waals surface area (Å²) < 4.78 is 63.8. The fourth-order valence-corrected chi connectivity index (χ4v) is 4.90. The number of anilines is 1. The average molecular weight is 791 g/mol. The molecule has 2 rings (SSSR count). The third-order valence-corrected chi connectivity index (χ3v) is 8.03. The highest BCUT2D eigenvalue weighted by atomic mass is 35.5. The van der Waals surface area contributed by atoms with E-state index in [0.29, 0.717) is 5.76 Å². The molecular weight excluding hydrogens is 752 g/mol. The minimum atomic E-state index is -4.39. The Kier molecular flexibility index (Phi) is 16.2. The van der Waals surface area contributed by atoms with Crippen LogP contribution in [-0.4, -0.2) is 93.4 Å². The minimum Gasteiger partial charge on any atom is -0.467 e. The molecule has 1 heterocycles. The largest absolute Gasteiger partial charge is 0.467 e. The Morgan fingerprint density at radius 2 is 1.13 bits per heavy atom. The lowest BCUT2D eigenvalue weighted by Crippen LogP contribution is -2.39. The number of primary sulfonamides is 1. The Hall–Kier alpha value is -5.21. The van der Waals surface area contributed by atoms with Crippen molar-refractivity contribution in [2.75, 3.05) is 11.9 Å². The summed E-state index contributed by atoms with van der Waals surface area (Å²) >= 11 is 6.08. The number of benzene rings is 1. The summed E-state index contributed by atoms with van der Waals surface area (Å²) in [6.07, 6.45) is -7.90. The third kappa shape index (κ3) is 13.4. The molecule has 0 radical (unpaired) electrons. The van der Waals surface area contributed by atoms with E-state index in [2.05, 4.69) is 5.32 Å². The number of furan rings is 1. The molecule has 0 aliphatic heterocycles. The minimum absolute atomic E-state index is 0.00227. The van der Waals surface area contributed by atoms with Crippen LogP contribution in [-0.2, 0) is 78.5 Å². The van der Waals surface area contributed by atoms with E-state index in [-0.39, 0.29) is 29.4 Å². The summed E-state index contributed by atoms with van der Waals surface area (Å²) in [5.41, 5.74) is -0.372. The van der Waals surface area contributed by atoms with Crippen molar-refractivity contribution in [1.29, 1.82) is 0 Å². The number of ether oxygens (including phenoxy) is 7. The first kappa shape index (κ1) is 44.0. The van der Waals surface area contributed by atoms with Gasteiger partial charge < -0.3 is 42.9 Å². The van der Waals surface area contributed by atoms with Crippen molar-refractivity contribution in [3.05, 3.63) is 46.9 Å². The normalized spacial score (nSPS) is 14.5. The van der Waals surface area contributed by atoms with Crippen LogP contribution in [0.15, 0.2) is 39.8 Å². The van der Waals surface area contributed by atoms with E-state index in [4.69, 9.17) is 54.3 Å². The van der Waals surface area contributed by atoms with E-state index in [1.165, 1.54) is 13.2 Å². The van der Waals surface area contributed by atoms with Gasteiger partial charge in [0.15, 0.2) is 36.6 Å². The van der Waals surface area contributed by atoms with E-state index in [1.54, 1.807) is 19.1 Å². The summed E-state index contributed by atoms with van der Waals surface area (Å²) in [6, 6.07) is 5.21. The zero-order valence-electron chi connectivity index (χ0n) is 29.6. The van der Waals surface area contributed by atoms with Crippen LogP contribution in [0.3, 0.4) is 0 Å². The molecule has 0 aliphatic rings. The van der Waals surface area contributed by atoms with E-state index in [9.17, 15) is 42.0 Å². The van der Waals surface area contributed by atoms with Crippen molar-refractivity contribution in [3.8, 4) is 0 Å². The number of sulfonamides is 1. The number of carbonyl (C=O) groups is 7. The lowest BCUT2D eigenvalue weighted by Gasteiger charge is -2.21. The molecule has 19 nitrogen and oxygen atoms in total. The summed E-state index contributed by atoms with van der Waals surface area (Å²) in [5.74, 6) is -7.49. The van der Waals surface area contributed by atoms with Crippen LogP contribution < -0.4 is 10.5 Å². The van der Waals surface area contributed by atoms with Gasteiger partial charge in [0.25, 0.3) is 0 Å². The number of halogens is 1. The third-order valence-electron chi connectivity index (χ3n) is 6.66. The van der Waals surface area contributed by atoms with E-state index >= 15 is 0 Å². The van der Waals surface area contributed by atoms with Gasteiger partial charge >= 0.3 is 41.8 Å². The molecule has 0 spiro atoms. The molecule has 53 heavy (non-hydrogen) atoms. The van der Waals surface area contributed by atoms with Gasteiger partial charge in [0, 0.05) is 0 Å². The highest BCUT2D eigenvalue weighted by Crippen LogP contribution is 2.29. The molecule has 21 heteroatoms. The van der Waals surface area contributed by atoms with Gasteiger partial charge in [-0.1, -0.05) is 11.6 Å². The molecule has 0 saturated heterocycles. The van der Waals surface area contributed by atoms with Crippen LogP contribution in [0.4, 0.5) is 5.69 Å². The van der Waals surface area contributed by atoms with Gasteiger partial charge in [0.1, 0.15) is 10.7 Å². The van der Waals surface area contributed by atoms with Gasteiger partial charge in [-0.3, -0.25) is 0 Å². The van der Waals surface area contributed by atoms with Crippen molar-refractivity contribution in [1.82, 2.24) is 0 Å². The van der Waals surface area contributed by atoms with Gasteiger partial charge in [-0.15, -0.1) is 0 Å². The molecule has 1 aromatic heterocycles. The van der Waals surface area contributed by atoms with Crippen LogP contribution in [0, 0.1) is 0 Å². The maximum atomic E-state index is 13.1. The molecule has 6 unspecified atom stereocenters. The smallest absolute Gasteiger partial charge is 0.348 e. The van der Waals surface area contributed by atoms with Gasteiger partial charge in [0.05, 0.1) is 35.7 Å². The van der Waals surface area contributed by atoms with Crippen molar-refractivity contribution in [2.24, 2.45) is 5.14 Å². The topological polar surface area (TPSA) is 269 Å². The van der Waals surface area contributed by atoms with Crippen LogP contribution in [0.2, 0.25) is 5.02 Å². The summed E-state index contributed by atoms with van der Waals surface area (Å²) in [7, 11) is -4.39. The number of hydrogen-bond donors (Lipinski definition) is 2. The number of carbonyl (C=O) groups excluding carboxylic acids is 7. The Labute approximate surface area is 308 Å². The molecule has 0 aliphatic carbocycles. The second-order valence-electron chi connectivity index (χ2n) is 11.0. The first-order valence-corrected chi connectivity index (χ1v) is 17.6. The standard InChI is InChI=1S/C32H39ClN2O17S/c1-8-45-26(36)15(2)47-27(37)16(3)48-28(38)17(4)49-29(39)18(5)50-30(40)19(6)51-31(41)20(7)52-32(42)22-12-25(53(34,43)44)23(33)13-24(22)35-14-21-10-9-11-46-21/h9-13,15-20,35H,8,14H2,1-7H3,(H2,34,43,44). The Bertz CT molecular complexity index is 1780. The average Bonchev–Trinajstić information content (AvgIpc) is 3.60. The first-order chi connectivity index (χ1) is 24.7. The molecule has 0 amide bonds. The number of rotatable bonds is 18. The number of hydrogen-bond acceptors (Lipinski definition) is 18. The molecule has 292 valence electrons. The van der Waals surface area contributed by atoms with E-state index in [1.807, 2.05) is 0 Å². The summed E-state index contributed by atoms with van der Waals surface area (Å²) in [5, 5.41) is 7.75. The first-order valence-electron chi connectivity index (χ1n) is 15.7. The molecule has 0 fully saturated rings. The van der Waals surface area contributed by atoms with Crippen molar-refractivity contribution < 1.29 is 79.6 Å². The Balaban J connectivity index is 1.95. The number of nitrogens with one attached hydrogen (secondary N) is 1. The predicted molar refractivity (Wildman–Crippen MR) is 178 cm³/mol. The number of esters is 7. The van der Waals surface area contributed by atoms with Crippen molar-refractivity contribution in [3.63, 3.8) is 0 Å². The van der Waals surface area contributed by atoms with Gasteiger partial charge in [-0.05, 0) is 72.7 Å². The van der Waals surface area contributed by atoms with Gasteiger partial charge in [-0.25, -0.2) is 47.1 Å². The second-order valence-corrected chi connectivity index (χ2v) is 12.9. The van der Waals surface area contributed by atoms with Gasteiger partial charge in [0.2, 0.25) is 10.0 Å². The van der Waals surface area contributed by atoms with Crippen LogP contribution in [0.5, 0.6) is 0 Å². The second kappa shape index (κ2) is 19.6. The van der Waals surface area contributed by atoms with E-state index < -0.39 is 93.3 Å². The van der Waals surface area contributed by atoms with Crippen LogP contribution >= 0.6 is 11.6 Å². The highest BCUT2D eigenvalue weighted by Gasteiger charge is 2.33. The highest BCUT2D eigenvalue weighted by molar-refractivity contribution is 7.89. The quantitative estimate of drug-likeness (QED) is 0.161. The molecule has 1 aromatic carbocycles. The maximum Gasteiger partial charge on any atom is 0.348 e. The monoisotopic (exact) mass is 790 g/mol. The lowest BCUT2D eigenvalue weighted by molar-refractivity contribution is -0.187. The molecule has 0 saturated carbocycles. The lowest BCUT2D eigenvalue weighted by atomic mass is 10.1. The molecular formula is C32H39ClN2O17S.